The number of hydrogen-bond acceptors (Lipinski definition) is 5. The van der Waals surface area contributed by atoms with Gasteiger partial charge < -0.3 is 15.1 Å². The van der Waals surface area contributed by atoms with Gasteiger partial charge in [0.2, 0.25) is 5.91 Å². The number of ketones is 1. The highest BCUT2D eigenvalue weighted by molar-refractivity contribution is 5.96. The Kier molecular flexibility index (Phi) is 6.25. The molecule has 0 saturated carbocycles. The van der Waals surface area contributed by atoms with E-state index in [1.165, 1.54) is 0 Å². The zero-order valence-electron chi connectivity index (χ0n) is 16.2. The molecule has 1 N–H and O–H groups in total. The number of anilines is 2. The van der Waals surface area contributed by atoms with E-state index < -0.39 is 0 Å². The molecule has 0 atom stereocenters. The van der Waals surface area contributed by atoms with E-state index in [1.54, 1.807) is 37.3 Å². The lowest BCUT2D eigenvalue weighted by atomic mass is 10.1. The Morgan fingerprint density at radius 2 is 1.52 bits per heavy atom. The Morgan fingerprint density at radius 1 is 0.931 bits per heavy atom. The minimum Gasteiger partial charge on any atom is -0.368 e. The molecule has 1 saturated heterocycles. The van der Waals surface area contributed by atoms with Gasteiger partial charge in [0.15, 0.2) is 5.78 Å². The highest BCUT2D eigenvalue weighted by atomic mass is 16.2. The van der Waals surface area contributed by atoms with Crippen LogP contribution in [0, 0.1) is 11.3 Å². The first-order valence-electron chi connectivity index (χ1n) is 9.40. The largest absolute Gasteiger partial charge is 0.368 e. The predicted octanol–water partition coefficient (Wildman–Crippen LogP) is 2.70. The summed E-state index contributed by atoms with van der Waals surface area (Å²) in [4.78, 5) is 39.6. The molecular weight excluding hydrogens is 368 g/mol. The molecule has 148 valence electrons. The number of benzene rings is 2. The number of piperazine rings is 1. The van der Waals surface area contributed by atoms with Gasteiger partial charge >= 0.3 is 0 Å². The number of nitrogens with one attached hydrogen (secondary N) is 1. The van der Waals surface area contributed by atoms with Gasteiger partial charge in [-0.05, 0) is 55.5 Å². The van der Waals surface area contributed by atoms with Crippen LogP contribution in [0.15, 0.2) is 48.5 Å². The first-order valence-corrected chi connectivity index (χ1v) is 9.40. The van der Waals surface area contributed by atoms with Crippen LogP contribution in [0.25, 0.3) is 0 Å². The Labute approximate surface area is 169 Å². The molecule has 0 bridgehead atoms. The normalized spacial score (nSPS) is 13.5. The molecule has 0 radical (unpaired) electrons. The highest BCUT2D eigenvalue weighted by Gasteiger charge is 2.22. The molecule has 1 aliphatic heterocycles. The van der Waals surface area contributed by atoms with Crippen molar-refractivity contribution in [1.82, 2.24) is 4.90 Å². The van der Waals surface area contributed by atoms with Gasteiger partial charge in [0.1, 0.15) is 6.42 Å². The zero-order valence-corrected chi connectivity index (χ0v) is 16.2. The second-order valence-corrected chi connectivity index (χ2v) is 6.84. The maximum Gasteiger partial charge on any atom is 0.253 e. The van der Waals surface area contributed by atoms with Crippen LogP contribution in [0.5, 0.6) is 0 Å². The monoisotopic (exact) mass is 390 g/mol. The average molecular weight is 390 g/mol. The number of nitrogens with zero attached hydrogens (tertiary/aromatic N) is 3. The van der Waals surface area contributed by atoms with Crippen LogP contribution in [-0.4, -0.2) is 48.7 Å². The lowest BCUT2D eigenvalue weighted by Gasteiger charge is -2.36. The maximum atomic E-state index is 12.7. The molecule has 2 aromatic rings. The number of amides is 2. The van der Waals surface area contributed by atoms with Gasteiger partial charge in [-0.25, -0.2) is 0 Å². The fraction of sp³-hybridized carbons (Fsp3) is 0.273. The predicted molar refractivity (Wildman–Crippen MR) is 110 cm³/mol. The zero-order chi connectivity index (χ0) is 20.8. The van der Waals surface area contributed by atoms with Gasteiger partial charge in [0.05, 0.1) is 6.07 Å². The first kappa shape index (κ1) is 20.1. The fourth-order valence-electron chi connectivity index (χ4n) is 3.23. The number of hydrogen-bond donors (Lipinski definition) is 1. The standard InChI is InChI=1S/C22H22N4O3/c1-16(27)17-4-8-20(9-5-17)25-12-14-26(15-13-25)22(29)18-2-6-19(7-3-18)24-21(28)10-11-23/h2-9H,10,12-15H2,1H3,(H,24,28). The molecule has 29 heavy (non-hydrogen) atoms. The van der Waals surface area contributed by atoms with E-state index >= 15 is 0 Å². The van der Waals surface area contributed by atoms with E-state index in [-0.39, 0.29) is 24.0 Å². The average Bonchev–Trinajstić information content (AvgIpc) is 2.74. The summed E-state index contributed by atoms with van der Waals surface area (Å²) in [6.07, 6.45) is -0.206. The van der Waals surface area contributed by atoms with Gasteiger partial charge in [0.25, 0.3) is 5.91 Å². The summed E-state index contributed by atoms with van der Waals surface area (Å²) in [6, 6.07) is 16.0. The van der Waals surface area contributed by atoms with Crippen molar-refractivity contribution < 1.29 is 14.4 Å². The van der Waals surface area contributed by atoms with E-state index in [4.69, 9.17) is 5.26 Å². The molecule has 1 aliphatic rings. The van der Waals surface area contributed by atoms with Crippen LogP contribution in [0.4, 0.5) is 11.4 Å². The van der Waals surface area contributed by atoms with Crippen molar-refractivity contribution >= 4 is 29.0 Å². The van der Waals surface area contributed by atoms with E-state index in [0.717, 1.165) is 5.69 Å². The lowest BCUT2D eigenvalue weighted by molar-refractivity contribution is -0.115. The topological polar surface area (TPSA) is 93.5 Å². The Hall–Kier alpha value is -3.66. The Bertz CT molecular complexity index is 938. The number of carbonyl (C=O) groups excluding carboxylic acids is 3. The van der Waals surface area contributed by atoms with E-state index in [2.05, 4.69) is 10.2 Å². The van der Waals surface area contributed by atoms with Crippen LogP contribution < -0.4 is 10.2 Å². The fourth-order valence-corrected chi connectivity index (χ4v) is 3.23. The molecule has 3 rings (SSSR count). The minimum atomic E-state index is -0.376. The summed E-state index contributed by atoms with van der Waals surface area (Å²) in [6.45, 7) is 4.19. The highest BCUT2D eigenvalue weighted by Crippen LogP contribution is 2.19. The van der Waals surface area contributed by atoms with Crippen LogP contribution in [0.2, 0.25) is 0 Å². The van der Waals surface area contributed by atoms with Crippen LogP contribution in [-0.2, 0) is 4.79 Å². The molecular formula is C22H22N4O3. The summed E-state index contributed by atoms with van der Waals surface area (Å²) in [5, 5.41) is 11.1. The van der Waals surface area contributed by atoms with Crippen molar-refractivity contribution in [3.63, 3.8) is 0 Å². The number of carbonyl (C=O) groups is 3. The molecule has 2 aromatic carbocycles. The Morgan fingerprint density at radius 3 is 2.07 bits per heavy atom. The van der Waals surface area contributed by atoms with Gasteiger partial charge in [0, 0.05) is 48.7 Å². The molecule has 0 unspecified atom stereocenters. The summed E-state index contributed by atoms with van der Waals surface area (Å²) in [7, 11) is 0. The third-order valence-corrected chi connectivity index (χ3v) is 4.86. The van der Waals surface area contributed by atoms with Gasteiger partial charge in [-0.3, -0.25) is 14.4 Å². The van der Waals surface area contributed by atoms with Crippen LogP contribution >= 0.6 is 0 Å². The van der Waals surface area contributed by atoms with E-state index in [0.29, 0.717) is 43.0 Å². The molecule has 7 heteroatoms. The first-order chi connectivity index (χ1) is 14.0. The second kappa shape index (κ2) is 9.02. The minimum absolute atomic E-state index is 0.0441. The smallest absolute Gasteiger partial charge is 0.253 e. The van der Waals surface area contributed by atoms with E-state index in [9.17, 15) is 14.4 Å². The summed E-state index contributed by atoms with van der Waals surface area (Å²) in [5.41, 5.74) is 2.84. The Balaban J connectivity index is 1.56. The van der Waals surface area contributed by atoms with Crippen molar-refractivity contribution in [2.75, 3.05) is 36.4 Å². The van der Waals surface area contributed by atoms with Crippen molar-refractivity contribution in [3.05, 3.63) is 59.7 Å². The quantitative estimate of drug-likeness (QED) is 0.793. The van der Waals surface area contributed by atoms with Crippen LogP contribution in [0.3, 0.4) is 0 Å². The molecule has 7 nitrogen and oxygen atoms in total. The molecule has 0 spiro atoms. The van der Waals surface area contributed by atoms with Crippen LogP contribution in [0.1, 0.15) is 34.1 Å². The third kappa shape index (κ3) is 4.99. The maximum absolute atomic E-state index is 12.7. The molecule has 0 aromatic heterocycles. The summed E-state index contributed by atoms with van der Waals surface area (Å²) >= 11 is 0. The molecule has 0 aliphatic carbocycles. The SMILES string of the molecule is CC(=O)c1ccc(N2CCN(C(=O)c3ccc(NC(=O)CC#N)cc3)CC2)cc1. The van der Waals surface area contributed by atoms with Crippen molar-refractivity contribution in [3.8, 4) is 6.07 Å². The van der Waals surface area contributed by atoms with Gasteiger partial charge in [-0.2, -0.15) is 5.26 Å². The second-order valence-electron chi connectivity index (χ2n) is 6.84. The van der Waals surface area contributed by atoms with Crippen molar-refractivity contribution in [2.45, 2.75) is 13.3 Å². The summed E-state index contributed by atoms with van der Waals surface area (Å²) in [5.74, 6) is -0.381. The molecule has 1 fully saturated rings. The number of Topliss-reactive ketones (excluding diaryl/α,β-unsaturated/α-hetero) is 1. The number of rotatable bonds is 5. The van der Waals surface area contributed by atoms with Crippen molar-refractivity contribution in [1.29, 1.82) is 5.26 Å². The van der Waals surface area contributed by atoms with Crippen molar-refractivity contribution in [2.24, 2.45) is 0 Å². The third-order valence-electron chi connectivity index (χ3n) is 4.86. The molecule has 2 amide bonds. The molecule has 1 heterocycles. The number of nitriles is 1. The lowest BCUT2D eigenvalue weighted by Crippen LogP contribution is -2.48. The van der Waals surface area contributed by atoms with Gasteiger partial charge in [-0.1, -0.05) is 0 Å². The van der Waals surface area contributed by atoms with Gasteiger partial charge in [-0.15, -0.1) is 0 Å². The summed E-state index contributed by atoms with van der Waals surface area (Å²) < 4.78 is 0. The van der Waals surface area contributed by atoms with E-state index in [1.807, 2.05) is 29.2 Å².